The molecule has 1 saturated heterocycles. The second-order valence-electron chi connectivity index (χ2n) is 4.87. The van der Waals surface area contributed by atoms with Crippen LogP contribution in [0, 0.1) is 0 Å². The number of carbonyl (C=O) groups is 1. The standard InChI is InChI=1S/C14H15BrN6O2/c15-11-8-18-13(16)12(20-11)14(22)19-9-7-17-2-1-10(9)21-3-5-23-6-4-21/h1-2,7-8H,3-6H2,(H2,16,18)(H,19,22). The fraction of sp³-hybridized carbons (Fsp3) is 0.286. The Morgan fingerprint density at radius 2 is 2.13 bits per heavy atom. The van der Waals surface area contributed by atoms with Crippen LogP contribution in [0.5, 0.6) is 0 Å². The van der Waals surface area contributed by atoms with Gasteiger partial charge >= 0.3 is 0 Å². The number of nitrogen functional groups attached to an aromatic ring is 1. The zero-order valence-corrected chi connectivity index (χ0v) is 13.8. The van der Waals surface area contributed by atoms with Crippen molar-refractivity contribution in [2.24, 2.45) is 0 Å². The average molecular weight is 379 g/mol. The van der Waals surface area contributed by atoms with E-state index in [4.69, 9.17) is 10.5 Å². The molecule has 3 N–H and O–H groups in total. The van der Waals surface area contributed by atoms with Gasteiger partial charge < -0.3 is 20.7 Å². The van der Waals surface area contributed by atoms with Gasteiger partial charge in [-0.3, -0.25) is 9.78 Å². The van der Waals surface area contributed by atoms with Crippen LogP contribution in [-0.2, 0) is 4.74 Å². The predicted molar refractivity (Wildman–Crippen MR) is 89.4 cm³/mol. The first-order valence-corrected chi connectivity index (χ1v) is 7.80. The lowest BCUT2D eigenvalue weighted by molar-refractivity contribution is 0.102. The van der Waals surface area contributed by atoms with Gasteiger partial charge in [-0.05, 0) is 22.0 Å². The smallest absolute Gasteiger partial charge is 0.278 e. The Kier molecular flexibility index (Phi) is 4.68. The van der Waals surface area contributed by atoms with Crippen molar-refractivity contribution in [2.45, 2.75) is 0 Å². The Balaban J connectivity index is 1.85. The van der Waals surface area contributed by atoms with Crippen molar-refractivity contribution in [2.75, 3.05) is 42.3 Å². The van der Waals surface area contributed by atoms with Crippen LogP contribution >= 0.6 is 15.9 Å². The molecule has 1 aliphatic heterocycles. The molecular formula is C14H15BrN6O2. The third kappa shape index (κ3) is 3.57. The van der Waals surface area contributed by atoms with Crippen molar-refractivity contribution in [1.29, 1.82) is 0 Å². The minimum Gasteiger partial charge on any atom is -0.382 e. The van der Waals surface area contributed by atoms with E-state index in [1.807, 2.05) is 6.07 Å². The minimum atomic E-state index is -0.432. The highest BCUT2D eigenvalue weighted by Crippen LogP contribution is 2.26. The van der Waals surface area contributed by atoms with Crippen LogP contribution in [0.2, 0.25) is 0 Å². The molecule has 0 unspecified atom stereocenters. The maximum absolute atomic E-state index is 12.4. The molecule has 9 heteroatoms. The number of amides is 1. The molecule has 0 bridgehead atoms. The quantitative estimate of drug-likeness (QED) is 0.828. The van der Waals surface area contributed by atoms with Crippen molar-refractivity contribution in [3.63, 3.8) is 0 Å². The number of hydrogen-bond donors (Lipinski definition) is 2. The summed E-state index contributed by atoms with van der Waals surface area (Å²) in [5, 5.41) is 2.80. The van der Waals surface area contributed by atoms with E-state index in [1.54, 1.807) is 12.4 Å². The van der Waals surface area contributed by atoms with Crippen LogP contribution in [0.4, 0.5) is 17.2 Å². The van der Waals surface area contributed by atoms with Gasteiger partial charge in [0.1, 0.15) is 4.60 Å². The molecule has 0 aliphatic carbocycles. The van der Waals surface area contributed by atoms with Crippen LogP contribution in [0.1, 0.15) is 10.5 Å². The Morgan fingerprint density at radius 3 is 2.91 bits per heavy atom. The zero-order valence-electron chi connectivity index (χ0n) is 12.2. The van der Waals surface area contributed by atoms with Crippen LogP contribution in [-0.4, -0.2) is 47.2 Å². The minimum absolute atomic E-state index is 0.0659. The lowest BCUT2D eigenvalue weighted by Crippen LogP contribution is -2.36. The second kappa shape index (κ2) is 6.88. The van der Waals surface area contributed by atoms with Gasteiger partial charge in [-0.1, -0.05) is 0 Å². The highest BCUT2D eigenvalue weighted by molar-refractivity contribution is 9.10. The van der Waals surface area contributed by atoms with E-state index in [2.05, 4.69) is 41.1 Å². The van der Waals surface area contributed by atoms with Gasteiger partial charge in [-0.25, -0.2) is 9.97 Å². The molecule has 3 rings (SSSR count). The number of ether oxygens (including phenoxy) is 1. The third-order valence-corrected chi connectivity index (χ3v) is 3.77. The maximum atomic E-state index is 12.4. The first-order chi connectivity index (χ1) is 11.1. The largest absolute Gasteiger partial charge is 0.382 e. The number of pyridine rings is 1. The van der Waals surface area contributed by atoms with Gasteiger partial charge in [0.05, 0.1) is 37.0 Å². The molecule has 0 saturated carbocycles. The number of morpholine rings is 1. The lowest BCUT2D eigenvalue weighted by Gasteiger charge is -2.30. The summed E-state index contributed by atoms with van der Waals surface area (Å²) in [5.74, 6) is -0.360. The number of anilines is 3. The van der Waals surface area contributed by atoms with E-state index in [9.17, 15) is 4.79 Å². The fourth-order valence-electron chi connectivity index (χ4n) is 2.29. The zero-order chi connectivity index (χ0) is 16.2. The van der Waals surface area contributed by atoms with Crippen LogP contribution < -0.4 is 16.0 Å². The molecule has 2 aromatic rings. The fourth-order valence-corrected chi connectivity index (χ4v) is 2.57. The summed E-state index contributed by atoms with van der Waals surface area (Å²) < 4.78 is 5.80. The van der Waals surface area contributed by atoms with Gasteiger partial charge in [0.15, 0.2) is 11.5 Å². The number of nitrogens with zero attached hydrogens (tertiary/aromatic N) is 4. The number of nitrogens with two attached hydrogens (primary N) is 1. The van der Waals surface area contributed by atoms with Crippen molar-refractivity contribution in [3.05, 3.63) is 35.0 Å². The Labute approximate surface area is 141 Å². The van der Waals surface area contributed by atoms with Crippen molar-refractivity contribution in [1.82, 2.24) is 15.0 Å². The number of aromatic nitrogens is 3. The van der Waals surface area contributed by atoms with Crippen LogP contribution in [0.3, 0.4) is 0 Å². The summed E-state index contributed by atoms with van der Waals surface area (Å²) in [6.45, 7) is 2.82. The van der Waals surface area contributed by atoms with Gasteiger partial charge in [-0.15, -0.1) is 0 Å². The number of nitrogens with one attached hydrogen (secondary N) is 1. The van der Waals surface area contributed by atoms with E-state index in [-0.39, 0.29) is 11.5 Å². The number of rotatable bonds is 3. The normalized spacial score (nSPS) is 14.6. The van der Waals surface area contributed by atoms with Gasteiger partial charge in [0.25, 0.3) is 5.91 Å². The third-order valence-electron chi connectivity index (χ3n) is 3.38. The molecule has 0 radical (unpaired) electrons. The molecule has 1 fully saturated rings. The highest BCUT2D eigenvalue weighted by Gasteiger charge is 2.19. The highest BCUT2D eigenvalue weighted by atomic mass is 79.9. The SMILES string of the molecule is Nc1ncc(Br)nc1C(=O)Nc1cnccc1N1CCOCC1. The summed E-state index contributed by atoms with van der Waals surface area (Å²) in [5.41, 5.74) is 7.28. The van der Waals surface area contributed by atoms with E-state index in [0.717, 1.165) is 18.8 Å². The first-order valence-electron chi connectivity index (χ1n) is 7.01. The molecular weight excluding hydrogens is 364 g/mol. The van der Waals surface area contributed by atoms with E-state index >= 15 is 0 Å². The summed E-state index contributed by atoms with van der Waals surface area (Å²) in [6, 6.07) is 1.86. The van der Waals surface area contributed by atoms with Crippen molar-refractivity contribution >= 4 is 39.0 Å². The first kappa shape index (κ1) is 15.6. The van der Waals surface area contributed by atoms with Gasteiger partial charge in [-0.2, -0.15) is 0 Å². The predicted octanol–water partition coefficient (Wildman–Crippen LogP) is 1.31. The van der Waals surface area contributed by atoms with Gasteiger partial charge in [0.2, 0.25) is 0 Å². The van der Waals surface area contributed by atoms with E-state index in [0.29, 0.717) is 23.5 Å². The lowest BCUT2D eigenvalue weighted by atomic mass is 10.2. The number of hydrogen-bond acceptors (Lipinski definition) is 7. The molecule has 0 atom stereocenters. The molecule has 23 heavy (non-hydrogen) atoms. The molecule has 0 aromatic carbocycles. The van der Waals surface area contributed by atoms with Gasteiger partial charge in [0, 0.05) is 19.3 Å². The monoisotopic (exact) mass is 378 g/mol. The Morgan fingerprint density at radius 1 is 1.35 bits per heavy atom. The molecule has 1 aliphatic rings. The molecule has 0 spiro atoms. The average Bonchev–Trinajstić information content (AvgIpc) is 2.58. The van der Waals surface area contributed by atoms with E-state index in [1.165, 1.54) is 6.20 Å². The summed E-state index contributed by atoms with van der Waals surface area (Å²) >= 11 is 3.18. The van der Waals surface area contributed by atoms with Crippen LogP contribution in [0.25, 0.3) is 0 Å². The molecule has 2 aromatic heterocycles. The summed E-state index contributed by atoms with van der Waals surface area (Å²) in [6.07, 6.45) is 4.73. The van der Waals surface area contributed by atoms with Crippen molar-refractivity contribution < 1.29 is 9.53 Å². The van der Waals surface area contributed by atoms with E-state index < -0.39 is 5.91 Å². The summed E-state index contributed by atoms with van der Waals surface area (Å²) in [7, 11) is 0. The topological polar surface area (TPSA) is 106 Å². The Hall–Kier alpha value is -2.26. The molecule has 120 valence electrons. The second-order valence-corrected chi connectivity index (χ2v) is 5.69. The molecule has 3 heterocycles. The molecule has 1 amide bonds. The number of carbonyl (C=O) groups excluding carboxylic acids is 1. The number of halogens is 1. The molecule has 8 nitrogen and oxygen atoms in total. The van der Waals surface area contributed by atoms with Crippen molar-refractivity contribution in [3.8, 4) is 0 Å². The van der Waals surface area contributed by atoms with Crippen LogP contribution in [0.15, 0.2) is 29.3 Å². The Bertz CT molecular complexity index is 720. The maximum Gasteiger partial charge on any atom is 0.278 e. The summed E-state index contributed by atoms with van der Waals surface area (Å²) in [4.78, 5) is 26.6.